The van der Waals surface area contributed by atoms with Crippen LogP contribution in [0.25, 0.3) is 0 Å². The molecule has 0 aromatic heterocycles. The van der Waals surface area contributed by atoms with E-state index < -0.39 is 5.41 Å². The van der Waals surface area contributed by atoms with Gasteiger partial charge in [0.15, 0.2) is 5.12 Å². The highest BCUT2D eigenvalue weighted by molar-refractivity contribution is 8.14. The van der Waals surface area contributed by atoms with Gasteiger partial charge in [0.05, 0.1) is 12.9 Å². The lowest BCUT2D eigenvalue weighted by molar-refractivity contribution is -0.137. The van der Waals surface area contributed by atoms with Crippen molar-refractivity contribution >= 4 is 22.8 Å². The fourth-order valence-electron chi connectivity index (χ4n) is 0.400. The van der Waals surface area contributed by atoms with Gasteiger partial charge in [0, 0.05) is 5.41 Å². The Labute approximate surface area is 76.9 Å². The summed E-state index contributed by atoms with van der Waals surface area (Å²) in [5.74, 6) is -0.260. The maximum atomic E-state index is 11.2. The predicted octanol–water partition coefficient (Wildman–Crippen LogP) is 1.47. The number of rotatable bonds is 2. The second kappa shape index (κ2) is 4.50. The van der Waals surface area contributed by atoms with Gasteiger partial charge >= 0.3 is 5.97 Å². The first-order chi connectivity index (χ1) is 5.38. The van der Waals surface area contributed by atoms with Gasteiger partial charge in [0.25, 0.3) is 0 Å². The fraction of sp³-hybridized carbons (Fsp3) is 0.750. The minimum absolute atomic E-state index is 0.00731. The lowest BCUT2D eigenvalue weighted by Crippen LogP contribution is -2.18. The van der Waals surface area contributed by atoms with Gasteiger partial charge in [-0.05, 0) is 0 Å². The summed E-state index contributed by atoms with van der Waals surface area (Å²) in [6.45, 7) is 5.46. The van der Waals surface area contributed by atoms with Crippen molar-refractivity contribution in [1.82, 2.24) is 0 Å². The topological polar surface area (TPSA) is 43.4 Å². The minimum atomic E-state index is -0.390. The van der Waals surface area contributed by atoms with Crippen molar-refractivity contribution in [3.63, 3.8) is 0 Å². The Morgan fingerprint density at radius 1 is 1.33 bits per heavy atom. The second-order valence-corrected chi connectivity index (χ2v) is 4.35. The third kappa shape index (κ3) is 4.38. The fourth-order valence-corrected chi connectivity index (χ4v) is 1.20. The number of carbonyl (C=O) groups is 2. The van der Waals surface area contributed by atoms with Crippen LogP contribution in [0.4, 0.5) is 0 Å². The van der Waals surface area contributed by atoms with Crippen molar-refractivity contribution in [3.8, 4) is 0 Å². The Morgan fingerprint density at radius 2 is 1.83 bits per heavy atom. The first kappa shape index (κ1) is 11.5. The van der Waals surface area contributed by atoms with Gasteiger partial charge in [0.1, 0.15) is 0 Å². The number of hydrogen-bond donors (Lipinski definition) is 0. The van der Waals surface area contributed by atoms with E-state index in [1.54, 1.807) is 0 Å². The molecule has 0 radical (unpaired) electrons. The molecule has 0 aromatic carbocycles. The summed E-state index contributed by atoms with van der Waals surface area (Å²) in [7, 11) is 1.31. The third-order valence-electron chi connectivity index (χ3n) is 1.16. The summed E-state index contributed by atoms with van der Waals surface area (Å²) in [5.41, 5.74) is -0.390. The zero-order valence-corrected chi connectivity index (χ0v) is 8.66. The zero-order chi connectivity index (χ0) is 9.78. The molecule has 0 aliphatic heterocycles. The third-order valence-corrected chi connectivity index (χ3v) is 2.42. The number of esters is 1. The average molecular weight is 190 g/mol. The first-order valence-corrected chi connectivity index (χ1v) is 4.60. The molecular formula is C8H14O3S. The van der Waals surface area contributed by atoms with E-state index in [0.29, 0.717) is 0 Å². The Hall–Kier alpha value is -0.510. The molecule has 0 unspecified atom stereocenters. The van der Waals surface area contributed by atoms with Gasteiger partial charge in [-0.2, -0.15) is 0 Å². The van der Waals surface area contributed by atoms with Gasteiger partial charge in [-0.3, -0.25) is 9.59 Å². The van der Waals surface area contributed by atoms with Crippen molar-refractivity contribution < 1.29 is 14.3 Å². The summed E-state index contributed by atoms with van der Waals surface area (Å²) >= 11 is 1.00. The van der Waals surface area contributed by atoms with Crippen LogP contribution in [0.15, 0.2) is 0 Å². The Bertz CT molecular complexity index is 181. The van der Waals surface area contributed by atoms with Crippen LogP contribution in [-0.4, -0.2) is 23.9 Å². The molecule has 70 valence electrons. The van der Waals surface area contributed by atoms with E-state index in [0.717, 1.165) is 11.8 Å². The second-order valence-electron chi connectivity index (χ2n) is 3.40. The molecule has 0 rings (SSSR count). The largest absolute Gasteiger partial charge is 0.468 e. The Morgan fingerprint density at radius 3 is 2.17 bits per heavy atom. The molecule has 0 aromatic rings. The van der Waals surface area contributed by atoms with Crippen LogP contribution in [0.3, 0.4) is 0 Å². The van der Waals surface area contributed by atoms with E-state index in [9.17, 15) is 9.59 Å². The lowest BCUT2D eigenvalue weighted by atomic mass is 10.00. The van der Waals surface area contributed by atoms with Crippen LogP contribution in [0, 0.1) is 5.41 Å². The summed E-state index contributed by atoms with van der Waals surface area (Å²) in [4.78, 5) is 21.9. The highest BCUT2D eigenvalue weighted by atomic mass is 32.2. The van der Waals surface area contributed by atoms with Crippen LogP contribution in [-0.2, 0) is 14.3 Å². The van der Waals surface area contributed by atoms with E-state index in [1.807, 2.05) is 20.8 Å². The molecule has 3 nitrogen and oxygen atoms in total. The monoisotopic (exact) mass is 190 g/mol. The molecule has 0 saturated carbocycles. The quantitative estimate of drug-likeness (QED) is 0.618. The summed E-state index contributed by atoms with van der Waals surface area (Å²) in [6, 6.07) is 0. The average Bonchev–Trinajstić information content (AvgIpc) is 1.97. The molecule has 0 aliphatic rings. The van der Waals surface area contributed by atoms with E-state index in [-0.39, 0.29) is 16.8 Å². The van der Waals surface area contributed by atoms with Gasteiger partial charge in [-0.15, -0.1) is 0 Å². The summed E-state index contributed by atoms with van der Waals surface area (Å²) in [6.07, 6.45) is 0. The zero-order valence-electron chi connectivity index (χ0n) is 7.84. The molecule has 12 heavy (non-hydrogen) atoms. The molecule has 0 aliphatic carbocycles. The maximum absolute atomic E-state index is 11.2. The standard InChI is InChI=1S/C8H14O3S/c1-8(2,3)7(10)12-5-6(9)11-4/h5H2,1-4H3. The van der Waals surface area contributed by atoms with Crippen molar-refractivity contribution in [2.24, 2.45) is 5.41 Å². The molecule has 0 fully saturated rings. The molecule has 0 N–H and O–H groups in total. The maximum Gasteiger partial charge on any atom is 0.316 e. The Kier molecular flexibility index (Phi) is 4.31. The minimum Gasteiger partial charge on any atom is -0.468 e. The Balaban J connectivity index is 3.81. The van der Waals surface area contributed by atoms with Crippen LogP contribution < -0.4 is 0 Å². The van der Waals surface area contributed by atoms with Crippen LogP contribution in [0.2, 0.25) is 0 Å². The number of ether oxygens (including phenoxy) is 1. The van der Waals surface area contributed by atoms with E-state index >= 15 is 0 Å². The van der Waals surface area contributed by atoms with Gasteiger partial charge in [-0.25, -0.2) is 0 Å². The highest BCUT2D eigenvalue weighted by Crippen LogP contribution is 2.22. The molecule has 4 heteroatoms. The number of methoxy groups -OCH3 is 1. The predicted molar refractivity (Wildman–Crippen MR) is 48.9 cm³/mol. The van der Waals surface area contributed by atoms with Crippen molar-refractivity contribution in [2.45, 2.75) is 20.8 Å². The summed E-state index contributed by atoms with van der Waals surface area (Å²) in [5, 5.41) is 0.00731. The van der Waals surface area contributed by atoms with E-state index in [1.165, 1.54) is 7.11 Å². The van der Waals surface area contributed by atoms with E-state index in [2.05, 4.69) is 4.74 Å². The molecule has 0 amide bonds. The van der Waals surface area contributed by atoms with Gasteiger partial charge < -0.3 is 4.74 Å². The normalized spacial score (nSPS) is 11.0. The van der Waals surface area contributed by atoms with Gasteiger partial charge in [0.2, 0.25) is 0 Å². The molecule has 0 saturated heterocycles. The van der Waals surface area contributed by atoms with E-state index in [4.69, 9.17) is 0 Å². The van der Waals surface area contributed by atoms with Crippen molar-refractivity contribution in [2.75, 3.05) is 12.9 Å². The number of thioether (sulfide) groups is 1. The van der Waals surface area contributed by atoms with Gasteiger partial charge in [-0.1, -0.05) is 32.5 Å². The summed E-state index contributed by atoms with van der Waals surface area (Å²) < 4.78 is 4.40. The van der Waals surface area contributed by atoms with Crippen molar-refractivity contribution in [1.29, 1.82) is 0 Å². The molecule has 0 heterocycles. The van der Waals surface area contributed by atoms with Crippen molar-refractivity contribution in [3.05, 3.63) is 0 Å². The number of hydrogen-bond acceptors (Lipinski definition) is 4. The van der Waals surface area contributed by atoms with Crippen LogP contribution >= 0.6 is 11.8 Å². The molecular weight excluding hydrogens is 176 g/mol. The molecule has 0 spiro atoms. The number of carbonyl (C=O) groups excluding carboxylic acids is 2. The smallest absolute Gasteiger partial charge is 0.316 e. The van der Waals surface area contributed by atoms with Crippen LogP contribution in [0.5, 0.6) is 0 Å². The SMILES string of the molecule is COC(=O)CSC(=O)C(C)(C)C. The highest BCUT2D eigenvalue weighted by Gasteiger charge is 2.22. The molecule has 0 atom stereocenters. The molecule has 0 bridgehead atoms. The first-order valence-electron chi connectivity index (χ1n) is 3.62. The van der Waals surface area contributed by atoms with Crippen LogP contribution in [0.1, 0.15) is 20.8 Å². The lowest BCUT2D eigenvalue weighted by Gasteiger charge is -2.14.